The van der Waals surface area contributed by atoms with Crippen molar-refractivity contribution in [3.8, 4) is 0 Å². The molecule has 0 aliphatic carbocycles. The van der Waals surface area contributed by atoms with Crippen molar-refractivity contribution in [2.75, 3.05) is 18.8 Å². The third-order valence-electron chi connectivity index (χ3n) is 4.45. The van der Waals surface area contributed by atoms with Gasteiger partial charge < -0.3 is 11.1 Å². The molecule has 5 heteroatoms. The summed E-state index contributed by atoms with van der Waals surface area (Å²) in [5.41, 5.74) is 9.11. The highest BCUT2D eigenvalue weighted by Crippen LogP contribution is 2.26. The minimum atomic E-state index is -0.350. The van der Waals surface area contributed by atoms with Gasteiger partial charge >= 0.3 is 0 Å². The first-order valence-electron chi connectivity index (χ1n) is 8.89. The van der Waals surface area contributed by atoms with Gasteiger partial charge in [0.2, 0.25) is 0 Å². The maximum atomic E-state index is 10.8. The highest BCUT2D eigenvalue weighted by Gasteiger charge is 2.12. The first-order chi connectivity index (χ1) is 12.1. The Hall–Kier alpha value is -2.40. The third kappa shape index (κ3) is 6.19. The summed E-state index contributed by atoms with van der Waals surface area (Å²) in [6, 6.07) is 15.0. The Balaban J connectivity index is 1.78. The molecule has 0 fully saturated rings. The summed E-state index contributed by atoms with van der Waals surface area (Å²) in [5, 5.41) is 14.3. The summed E-state index contributed by atoms with van der Waals surface area (Å²) in [4.78, 5) is 10.4. The van der Waals surface area contributed by atoms with Crippen molar-refractivity contribution in [1.82, 2.24) is 5.32 Å². The number of nitrogen functional groups attached to an aromatic ring is 1. The van der Waals surface area contributed by atoms with Crippen molar-refractivity contribution < 1.29 is 4.92 Å². The molecular formula is C20H27N3O2. The topological polar surface area (TPSA) is 81.2 Å². The summed E-state index contributed by atoms with van der Waals surface area (Å²) in [6.45, 7) is 4.05. The predicted molar refractivity (Wildman–Crippen MR) is 103 cm³/mol. The standard InChI is InChI=1S/C20H27N3O2/c1-2-3-17(18-6-10-20(11-7-18)23(24)25)13-15-22-14-12-16-4-8-19(21)9-5-16/h4-11,17,22H,2-3,12-15,21H2,1H3. The van der Waals surface area contributed by atoms with Gasteiger partial charge in [-0.25, -0.2) is 0 Å². The van der Waals surface area contributed by atoms with Gasteiger partial charge in [0.15, 0.2) is 0 Å². The van der Waals surface area contributed by atoms with Crippen LogP contribution in [0.5, 0.6) is 0 Å². The fraction of sp³-hybridized carbons (Fsp3) is 0.400. The van der Waals surface area contributed by atoms with Gasteiger partial charge in [-0.2, -0.15) is 0 Å². The Morgan fingerprint density at radius 1 is 1.04 bits per heavy atom. The fourth-order valence-corrected chi connectivity index (χ4v) is 3.01. The molecule has 0 radical (unpaired) electrons. The number of hydrogen-bond donors (Lipinski definition) is 2. The lowest BCUT2D eigenvalue weighted by Gasteiger charge is -2.17. The number of nitrogens with zero attached hydrogens (tertiary/aromatic N) is 1. The van der Waals surface area contributed by atoms with Crippen LogP contribution in [-0.2, 0) is 6.42 Å². The van der Waals surface area contributed by atoms with Gasteiger partial charge in [-0.15, -0.1) is 0 Å². The van der Waals surface area contributed by atoms with E-state index in [0.29, 0.717) is 5.92 Å². The molecule has 0 saturated carbocycles. The van der Waals surface area contributed by atoms with Crippen LogP contribution in [0.2, 0.25) is 0 Å². The zero-order valence-electron chi connectivity index (χ0n) is 14.8. The lowest BCUT2D eigenvalue weighted by molar-refractivity contribution is -0.384. The Kier molecular flexibility index (Phi) is 7.41. The second kappa shape index (κ2) is 9.79. The van der Waals surface area contributed by atoms with Crippen molar-refractivity contribution in [2.45, 2.75) is 38.5 Å². The predicted octanol–water partition coefficient (Wildman–Crippen LogP) is 4.28. The van der Waals surface area contributed by atoms with Gasteiger partial charge in [0.05, 0.1) is 4.92 Å². The number of hydrogen-bond acceptors (Lipinski definition) is 4. The van der Waals surface area contributed by atoms with Gasteiger partial charge in [-0.3, -0.25) is 10.1 Å². The molecule has 0 aliphatic heterocycles. The van der Waals surface area contributed by atoms with E-state index in [4.69, 9.17) is 5.73 Å². The maximum Gasteiger partial charge on any atom is 0.269 e. The van der Waals surface area contributed by atoms with Crippen LogP contribution in [0, 0.1) is 10.1 Å². The fourth-order valence-electron chi connectivity index (χ4n) is 3.01. The Labute approximate surface area is 149 Å². The summed E-state index contributed by atoms with van der Waals surface area (Å²) in [5.74, 6) is 0.440. The average Bonchev–Trinajstić information content (AvgIpc) is 2.62. The molecule has 1 atom stereocenters. The van der Waals surface area contributed by atoms with Crippen LogP contribution >= 0.6 is 0 Å². The first-order valence-corrected chi connectivity index (χ1v) is 8.89. The molecule has 3 N–H and O–H groups in total. The molecule has 0 aliphatic rings. The number of nitro groups is 1. The average molecular weight is 341 g/mol. The molecule has 0 aromatic heterocycles. The van der Waals surface area contributed by atoms with E-state index in [2.05, 4.69) is 24.4 Å². The molecule has 134 valence electrons. The van der Waals surface area contributed by atoms with E-state index in [1.165, 1.54) is 11.1 Å². The number of anilines is 1. The number of nitrogens with two attached hydrogens (primary N) is 1. The Morgan fingerprint density at radius 2 is 1.72 bits per heavy atom. The minimum absolute atomic E-state index is 0.153. The van der Waals surface area contributed by atoms with E-state index in [-0.39, 0.29) is 10.6 Å². The summed E-state index contributed by atoms with van der Waals surface area (Å²) >= 11 is 0. The summed E-state index contributed by atoms with van der Waals surface area (Å²) in [6.07, 6.45) is 4.22. The van der Waals surface area contributed by atoms with Crippen LogP contribution < -0.4 is 11.1 Å². The summed E-state index contributed by atoms with van der Waals surface area (Å²) in [7, 11) is 0. The second-order valence-electron chi connectivity index (χ2n) is 6.36. The monoisotopic (exact) mass is 341 g/mol. The Morgan fingerprint density at radius 3 is 2.32 bits per heavy atom. The highest BCUT2D eigenvalue weighted by molar-refractivity contribution is 5.39. The second-order valence-corrected chi connectivity index (χ2v) is 6.36. The molecule has 0 bridgehead atoms. The molecule has 0 saturated heterocycles. The molecule has 5 nitrogen and oxygen atoms in total. The highest BCUT2D eigenvalue weighted by atomic mass is 16.6. The molecule has 2 rings (SSSR count). The molecule has 1 unspecified atom stereocenters. The van der Waals surface area contributed by atoms with Crippen LogP contribution in [0.4, 0.5) is 11.4 Å². The molecule has 0 spiro atoms. The molecule has 25 heavy (non-hydrogen) atoms. The van der Waals surface area contributed by atoms with E-state index >= 15 is 0 Å². The van der Waals surface area contributed by atoms with E-state index < -0.39 is 0 Å². The van der Waals surface area contributed by atoms with Crippen molar-refractivity contribution in [3.05, 3.63) is 69.8 Å². The van der Waals surface area contributed by atoms with Crippen LogP contribution in [-0.4, -0.2) is 18.0 Å². The molecular weight excluding hydrogens is 314 g/mol. The van der Waals surface area contributed by atoms with Gasteiger partial charge in [-0.1, -0.05) is 37.6 Å². The number of non-ortho nitro benzene ring substituents is 1. The van der Waals surface area contributed by atoms with Gasteiger partial charge in [0.25, 0.3) is 5.69 Å². The molecule has 2 aromatic rings. The first kappa shape index (κ1) is 18.9. The van der Waals surface area contributed by atoms with Crippen LogP contribution in [0.1, 0.15) is 43.2 Å². The molecule has 0 amide bonds. The SMILES string of the molecule is CCCC(CCNCCc1ccc(N)cc1)c1ccc([N+](=O)[O-])cc1. The van der Waals surface area contributed by atoms with Crippen molar-refractivity contribution in [3.63, 3.8) is 0 Å². The van der Waals surface area contributed by atoms with E-state index in [9.17, 15) is 10.1 Å². The third-order valence-corrected chi connectivity index (χ3v) is 4.45. The largest absolute Gasteiger partial charge is 0.399 e. The summed E-state index contributed by atoms with van der Waals surface area (Å²) < 4.78 is 0. The van der Waals surface area contributed by atoms with E-state index in [1.807, 2.05) is 24.3 Å². The zero-order chi connectivity index (χ0) is 18.1. The van der Waals surface area contributed by atoms with Crippen LogP contribution in [0.25, 0.3) is 0 Å². The van der Waals surface area contributed by atoms with Crippen molar-refractivity contribution >= 4 is 11.4 Å². The number of nitro benzene ring substituents is 1. The van der Waals surface area contributed by atoms with Crippen molar-refractivity contribution in [1.29, 1.82) is 0 Å². The van der Waals surface area contributed by atoms with E-state index in [0.717, 1.165) is 44.5 Å². The van der Waals surface area contributed by atoms with Crippen molar-refractivity contribution in [2.24, 2.45) is 0 Å². The lowest BCUT2D eigenvalue weighted by Crippen LogP contribution is -2.20. The van der Waals surface area contributed by atoms with E-state index in [1.54, 1.807) is 12.1 Å². The zero-order valence-corrected chi connectivity index (χ0v) is 14.8. The van der Waals surface area contributed by atoms with Gasteiger partial charge in [-0.05, 0) is 61.5 Å². The number of benzene rings is 2. The molecule has 2 aromatic carbocycles. The Bertz CT molecular complexity index is 654. The van der Waals surface area contributed by atoms with Crippen LogP contribution in [0.15, 0.2) is 48.5 Å². The number of rotatable bonds is 10. The van der Waals surface area contributed by atoms with Gasteiger partial charge in [0, 0.05) is 17.8 Å². The maximum absolute atomic E-state index is 10.8. The normalized spacial score (nSPS) is 12.0. The lowest BCUT2D eigenvalue weighted by atomic mass is 9.91. The van der Waals surface area contributed by atoms with Gasteiger partial charge in [0.1, 0.15) is 0 Å². The minimum Gasteiger partial charge on any atom is -0.399 e. The molecule has 0 heterocycles. The quantitative estimate of drug-likeness (QED) is 0.292. The smallest absolute Gasteiger partial charge is 0.269 e. The number of nitrogens with one attached hydrogen (secondary N) is 1. The van der Waals surface area contributed by atoms with Crippen LogP contribution in [0.3, 0.4) is 0 Å².